The van der Waals surface area contributed by atoms with Gasteiger partial charge in [0.2, 0.25) is 0 Å². The third-order valence-corrected chi connectivity index (χ3v) is 2.79. The Kier molecular flexibility index (Phi) is 3.01. The molecule has 0 heterocycles. The van der Waals surface area contributed by atoms with Gasteiger partial charge in [-0.25, -0.2) is 22.0 Å². The molecule has 0 saturated carbocycles. The van der Waals surface area contributed by atoms with E-state index >= 15 is 0 Å². The van der Waals surface area contributed by atoms with E-state index in [0.29, 0.717) is 0 Å². The Hall–Kier alpha value is -2.03. The molecule has 9 heteroatoms. The van der Waals surface area contributed by atoms with Gasteiger partial charge in [0.25, 0.3) is 0 Å². The molecule has 0 unspecified atom stereocenters. The van der Waals surface area contributed by atoms with Crippen LogP contribution >= 0.6 is 12.8 Å². The number of nitrogens with one attached hydrogen (secondary N) is 3. The molecule has 0 aliphatic heterocycles. The van der Waals surface area contributed by atoms with Crippen molar-refractivity contribution in [2.24, 2.45) is 4.40 Å². The molecule has 2 aliphatic carbocycles. The fraction of sp³-hybridized carbons (Fsp3) is 0. The van der Waals surface area contributed by atoms with Gasteiger partial charge in [0.05, 0.1) is 21.2 Å². The van der Waals surface area contributed by atoms with E-state index in [4.69, 9.17) is 16.2 Å². The zero-order chi connectivity index (χ0) is 14.5. The molecule has 0 atom stereocenters. The number of hydrogen-bond donors (Lipinski definition) is 4. The molecule has 0 spiro atoms. The molecule has 0 bridgehead atoms. The van der Waals surface area contributed by atoms with Crippen molar-refractivity contribution in [3.05, 3.63) is 55.1 Å². The van der Waals surface area contributed by atoms with Crippen molar-refractivity contribution < 1.29 is 17.6 Å². The zero-order valence-electron chi connectivity index (χ0n) is 8.91. The maximum absolute atomic E-state index is 13.7. The van der Waals surface area contributed by atoms with Crippen LogP contribution in [0.25, 0.3) is 0 Å². The topological polar surface area (TPSA) is 83.9 Å². The van der Waals surface area contributed by atoms with E-state index in [9.17, 15) is 17.6 Å². The van der Waals surface area contributed by atoms with Crippen molar-refractivity contribution in [1.82, 2.24) is 0 Å². The van der Waals surface area contributed by atoms with Crippen LogP contribution in [0.2, 0.25) is 0 Å². The van der Waals surface area contributed by atoms with E-state index in [1.54, 1.807) is 0 Å². The van der Waals surface area contributed by atoms with Crippen LogP contribution in [-0.2, 0) is 0 Å². The van der Waals surface area contributed by atoms with Crippen molar-refractivity contribution in [3.63, 3.8) is 0 Å². The lowest BCUT2D eigenvalue weighted by atomic mass is 10.1. The minimum Gasteiger partial charge on any atom is -0.298 e. The monoisotopic (exact) mass is 288 g/mol. The van der Waals surface area contributed by atoms with E-state index < -0.39 is 55.1 Å². The SMILES string of the molecule is N=c1c(F)c(F)c2c(=N)/c(=N\S)c(F)c(F)c=2c1=N. The van der Waals surface area contributed by atoms with Crippen molar-refractivity contribution >= 4 is 12.8 Å². The van der Waals surface area contributed by atoms with E-state index in [-0.39, 0.29) is 0 Å². The Morgan fingerprint density at radius 3 is 1.68 bits per heavy atom. The zero-order valence-corrected chi connectivity index (χ0v) is 9.80. The van der Waals surface area contributed by atoms with E-state index in [2.05, 4.69) is 17.2 Å². The van der Waals surface area contributed by atoms with Gasteiger partial charge in [-0.15, -0.1) is 0 Å². The summed E-state index contributed by atoms with van der Waals surface area (Å²) in [4.78, 5) is 0. The van der Waals surface area contributed by atoms with Gasteiger partial charge in [-0.3, -0.25) is 16.2 Å². The third-order valence-electron chi connectivity index (χ3n) is 2.59. The largest absolute Gasteiger partial charge is 0.298 e. The first-order valence-electron chi connectivity index (χ1n) is 4.68. The molecule has 0 fully saturated rings. The number of rotatable bonds is 0. The minimum atomic E-state index is -1.71. The Labute approximate surface area is 107 Å². The summed E-state index contributed by atoms with van der Waals surface area (Å²) in [6.07, 6.45) is 0. The van der Waals surface area contributed by atoms with Gasteiger partial charge in [0, 0.05) is 0 Å². The van der Waals surface area contributed by atoms with E-state index in [0.717, 1.165) is 0 Å². The highest BCUT2D eigenvalue weighted by atomic mass is 32.1. The molecule has 19 heavy (non-hydrogen) atoms. The first-order chi connectivity index (χ1) is 8.82. The van der Waals surface area contributed by atoms with Crippen LogP contribution in [0.4, 0.5) is 17.6 Å². The third kappa shape index (κ3) is 1.61. The number of thiol groups is 1. The summed E-state index contributed by atoms with van der Waals surface area (Å²) in [5, 5.41) is 16.0. The van der Waals surface area contributed by atoms with Crippen LogP contribution in [0, 0.1) is 49.9 Å². The summed E-state index contributed by atoms with van der Waals surface area (Å²) in [5.74, 6) is -6.68. The lowest BCUT2D eigenvalue weighted by Gasteiger charge is -2.01. The average molecular weight is 288 g/mol. The number of hydrogen-bond acceptors (Lipinski definition) is 5. The summed E-state index contributed by atoms with van der Waals surface area (Å²) in [7, 11) is 0. The van der Waals surface area contributed by atoms with Crippen LogP contribution in [0.1, 0.15) is 0 Å². The molecule has 0 aromatic carbocycles. The molecule has 98 valence electrons. The Bertz CT molecular complexity index is 975. The molecular weight excluding hydrogens is 284 g/mol. The second-order valence-corrected chi connectivity index (χ2v) is 3.78. The van der Waals surface area contributed by atoms with Crippen LogP contribution in [0.5, 0.6) is 0 Å². The number of nitrogens with zero attached hydrogens (tertiary/aromatic N) is 1. The Morgan fingerprint density at radius 2 is 1.16 bits per heavy atom. The van der Waals surface area contributed by atoms with Gasteiger partial charge < -0.3 is 0 Å². The quantitative estimate of drug-likeness (QED) is 0.389. The molecule has 0 radical (unpaired) electrons. The van der Waals surface area contributed by atoms with Gasteiger partial charge in [-0.1, -0.05) is 0 Å². The van der Waals surface area contributed by atoms with E-state index in [1.165, 1.54) is 0 Å². The highest BCUT2D eigenvalue weighted by Crippen LogP contribution is 2.05. The second kappa shape index (κ2) is 4.26. The fourth-order valence-corrected chi connectivity index (χ4v) is 1.87. The van der Waals surface area contributed by atoms with Crippen LogP contribution in [-0.4, -0.2) is 0 Å². The molecular formula is C10H4F4N4S. The van der Waals surface area contributed by atoms with Gasteiger partial charge in [0.15, 0.2) is 23.3 Å². The van der Waals surface area contributed by atoms with Crippen molar-refractivity contribution in [2.45, 2.75) is 0 Å². The highest BCUT2D eigenvalue weighted by molar-refractivity contribution is 7.78. The second-order valence-electron chi connectivity index (χ2n) is 3.58. The summed E-state index contributed by atoms with van der Waals surface area (Å²) in [5.41, 5.74) is 0. The molecule has 2 rings (SSSR count). The highest BCUT2D eigenvalue weighted by Gasteiger charge is 2.19. The van der Waals surface area contributed by atoms with Gasteiger partial charge in [0.1, 0.15) is 10.7 Å². The lowest BCUT2D eigenvalue weighted by Crippen LogP contribution is -2.38. The molecule has 0 aromatic rings. The van der Waals surface area contributed by atoms with E-state index in [1.807, 2.05) is 0 Å². The number of halogens is 4. The molecule has 0 aromatic heterocycles. The van der Waals surface area contributed by atoms with Crippen molar-refractivity contribution in [1.29, 1.82) is 16.2 Å². The molecule has 2 aliphatic rings. The minimum absolute atomic E-state index is 0.899. The molecule has 3 N–H and O–H groups in total. The smallest absolute Gasteiger partial charge is 0.188 e. The molecule has 4 nitrogen and oxygen atoms in total. The maximum Gasteiger partial charge on any atom is 0.188 e. The van der Waals surface area contributed by atoms with Crippen LogP contribution in [0.3, 0.4) is 0 Å². The molecule has 0 saturated heterocycles. The molecule has 0 amide bonds. The summed E-state index contributed by atoms with van der Waals surface area (Å²) >= 11 is 3.33. The first kappa shape index (κ1) is 13.4. The fourth-order valence-electron chi connectivity index (χ4n) is 1.68. The maximum atomic E-state index is 13.7. The summed E-state index contributed by atoms with van der Waals surface area (Å²) in [6.45, 7) is 0. The predicted molar refractivity (Wildman–Crippen MR) is 56.1 cm³/mol. The predicted octanol–water partition coefficient (Wildman–Crippen LogP) is 0.0273. The van der Waals surface area contributed by atoms with Crippen LogP contribution < -0.4 is 21.4 Å². The summed E-state index contributed by atoms with van der Waals surface area (Å²) < 4.78 is 57.3. The standard InChI is InChI=1S/C10H4F4N4S/c11-3-2-1(7(15)9(17)5(3)13)4(12)6(14)10(18-19)8(2)16/h15-17,19H/b15-7?,16-8?,17-9?,18-10-. The summed E-state index contributed by atoms with van der Waals surface area (Å²) in [6, 6.07) is 0. The first-order valence-corrected chi connectivity index (χ1v) is 5.08. The van der Waals surface area contributed by atoms with Gasteiger partial charge >= 0.3 is 0 Å². The lowest BCUT2D eigenvalue weighted by molar-refractivity contribution is 0.467. The van der Waals surface area contributed by atoms with Crippen molar-refractivity contribution in [3.8, 4) is 0 Å². The van der Waals surface area contributed by atoms with Crippen molar-refractivity contribution in [2.75, 3.05) is 0 Å². The average Bonchev–Trinajstić information content (AvgIpc) is 2.38. The normalized spacial score (nSPS) is 12.4. The van der Waals surface area contributed by atoms with Gasteiger partial charge in [-0.05, 0) is 12.8 Å². The Morgan fingerprint density at radius 1 is 0.684 bits per heavy atom. The van der Waals surface area contributed by atoms with Gasteiger partial charge in [-0.2, -0.15) is 0 Å². The Balaban J connectivity index is 3.56. The van der Waals surface area contributed by atoms with Crippen LogP contribution in [0.15, 0.2) is 4.40 Å².